The van der Waals surface area contributed by atoms with Gasteiger partial charge in [-0.1, -0.05) is 0 Å². The van der Waals surface area contributed by atoms with E-state index >= 15 is 0 Å². The Kier molecular flexibility index (Phi) is 1.82. The van der Waals surface area contributed by atoms with Crippen LogP contribution >= 0.6 is 0 Å². The minimum absolute atomic E-state index is 0.183. The van der Waals surface area contributed by atoms with Gasteiger partial charge in [0.05, 0.1) is 6.42 Å². The standard InChI is InChI=1S/C8H12N2O5S/c1-7(2)8(9,6(12)13)10-4(11)3-5(10)16(7,14)15/h5H,3,9H2,1-2H3,(H,12,13)/t5-,8?/m1/s1. The molecule has 0 aliphatic carbocycles. The number of rotatable bonds is 1. The van der Waals surface area contributed by atoms with E-state index in [-0.39, 0.29) is 6.42 Å². The van der Waals surface area contributed by atoms with Crippen LogP contribution < -0.4 is 5.73 Å². The molecule has 0 aromatic carbocycles. The number of sulfone groups is 1. The van der Waals surface area contributed by atoms with Crippen LogP contribution in [0.15, 0.2) is 0 Å². The lowest BCUT2D eigenvalue weighted by Gasteiger charge is -2.42. The molecule has 2 fully saturated rings. The molecule has 0 bridgehead atoms. The predicted octanol–water partition coefficient (Wildman–Crippen LogP) is -1.51. The number of carboxylic acid groups (broad SMARTS) is 1. The van der Waals surface area contributed by atoms with Crippen molar-refractivity contribution in [3.05, 3.63) is 0 Å². The molecular formula is C8H12N2O5S. The van der Waals surface area contributed by atoms with Crippen LogP contribution in [0, 0.1) is 0 Å². The normalized spacial score (nSPS) is 39.1. The Balaban J connectivity index is 2.71. The molecule has 0 aromatic rings. The van der Waals surface area contributed by atoms with E-state index in [0.717, 1.165) is 4.90 Å². The maximum atomic E-state index is 12.0. The molecule has 7 nitrogen and oxygen atoms in total. The lowest BCUT2D eigenvalue weighted by atomic mass is 9.91. The summed E-state index contributed by atoms with van der Waals surface area (Å²) in [6, 6.07) is 0. The van der Waals surface area contributed by atoms with Crippen molar-refractivity contribution in [1.82, 2.24) is 4.90 Å². The lowest BCUT2D eigenvalue weighted by Crippen LogP contribution is -2.72. The third-order valence-electron chi connectivity index (χ3n) is 3.60. The molecule has 16 heavy (non-hydrogen) atoms. The minimum Gasteiger partial charge on any atom is -0.478 e. The fraction of sp³-hybridized carbons (Fsp3) is 0.750. The van der Waals surface area contributed by atoms with E-state index in [9.17, 15) is 18.0 Å². The fourth-order valence-corrected chi connectivity index (χ4v) is 4.49. The Hall–Kier alpha value is -1.15. The molecule has 1 unspecified atom stereocenters. The van der Waals surface area contributed by atoms with Crippen molar-refractivity contribution in [2.24, 2.45) is 5.73 Å². The molecule has 2 aliphatic rings. The molecule has 2 aliphatic heterocycles. The summed E-state index contributed by atoms with van der Waals surface area (Å²) < 4.78 is 22.3. The smallest absolute Gasteiger partial charge is 0.346 e. The van der Waals surface area contributed by atoms with Gasteiger partial charge in [-0.3, -0.25) is 15.4 Å². The molecule has 3 N–H and O–H groups in total. The molecule has 90 valence electrons. The van der Waals surface area contributed by atoms with Gasteiger partial charge in [-0.25, -0.2) is 13.2 Å². The summed E-state index contributed by atoms with van der Waals surface area (Å²) in [5, 5.41) is 8.01. The number of carbonyl (C=O) groups is 2. The van der Waals surface area contributed by atoms with E-state index in [1.807, 2.05) is 0 Å². The Morgan fingerprint density at radius 1 is 1.56 bits per heavy atom. The van der Waals surface area contributed by atoms with Crippen LogP contribution in [0.4, 0.5) is 0 Å². The second-order valence-corrected chi connectivity index (χ2v) is 7.20. The number of carbonyl (C=O) groups excluding carboxylic acids is 1. The van der Waals surface area contributed by atoms with Crippen LogP contribution in [-0.2, 0) is 19.4 Å². The third-order valence-corrected chi connectivity index (χ3v) is 6.43. The average molecular weight is 248 g/mol. The van der Waals surface area contributed by atoms with E-state index in [4.69, 9.17) is 10.8 Å². The summed E-state index contributed by atoms with van der Waals surface area (Å²) in [5.41, 5.74) is 3.48. The average Bonchev–Trinajstić information content (AvgIpc) is 2.20. The van der Waals surface area contributed by atoms with E-state index in [1.165, 1.54) is 13.8 Å². The second-order valence-electron chi connectivity index (χ2n) is 4.55. The first kappa shape index (κ1) is 11.3. The molecule has 2 atom stereocenters. The summed E-state index contributed by atoms with van der Waals surface area (Å²) in [6.07, 6.45) is -0.183. The summed E-state index contributed by atoms with van der Waals surface area (Å²) >= 11 is 0. The topological polar surface area (TPSA) is 118 Å². The van der Waals surface area contributed by atoms with Crippen LogP contribution in [0.1, 0.15) is 20.3 Å². The van der Waals surface area contributed by atoms with E-state index in [2.05, 4.69) is 0 Å². The number of nitrogens with two attached hydrogens (primary N) is 1. The van der Waals surface area contributed by atoms with Crippen LogP contribution in [0.3, 0.4) is 0 Å². The number of β-lactam (4-membered cyclic amide) rings is 1. The molecule has 8 heteroatoms. The van der Waals surface area contributed by atoms with Gasteiger partial charge in [0, 0.05) is 0 Å². The summed E-state index contributed by atoms with van der Waals surface area (Å²) in [5.74, 6) is -2.04. The molecule has 0 saturated carbocycles. The highest BCUT2D eigenvalue weighted by atomic mass is 32.2. The van der Waals surface area contributed by atoms with Crippen molar-refractivity contribution in [2.45, 2.75) is 36.1 Å². The number of nitrogens with zero attached hydrogens (tertiary/aromatic N) is 1. The molecule has 2 heterocycles. The zero-order chi connectivity index (χ0) is 12.5. The molecule has 2 rings (SSSR count). The van der Waals surface area contributed by atoms with Gasteiger partial charge in [-0.05, 0) is 13.8 Å². The first-order valence-electron chi connectivity index (χ1n) is 4.66. The van der Waals surface area contributed by atoms with Crippen molar-refractivity contribution >= 4 is 21.7 Å². The van der Waals surface area contributed by atoms with Gasteiger partial charge in [0.2, 0.25) is 11.6 Å². The fourth-order valence-electron chi connectivity index (χ4n) is 2.27. The SMILES string of the molecule is CC1(C)C(N)(C(=O)O)N2C(=O)C[C@H]2S1(=O)=O. The van der Waals surface area contributed by atoms with Gasteiger partial charge in [-0.15, -0.1) is 0 Å². The molecule has 2 saturated heterocycles. The van der Waals surface area contributed by atoms with E-state index < -0.39 is 37.5 Å². The number of hydrogen-bond acceptors (Lipinski definition) is 5. The van der Waals surface area contributed by atoms with Gasteiger partial charge in [0.15, 0.2) is 9.84 Å². The van der Waals surface area contributed by atoms with Crippen LogP contribution in [0.5, 0.6) is 0 Å². The number of carboxylic acids is 1. The number of amides is 1. The number of fused-ring (bicyclic) bond motifs is 1. The summed E-state index contributed by atoms with van der Waals surface area (Å²) in [6.45, 7) is 2.48. The van der Waals surface area contributed by atoms with Crippen LogP contribution in [-0.4, -0.2) is 46.1 Å². The first-order valence-corrected chi connectivity index (χ1v) is 6.21. The maximum Gasteiger partial charge on any atom is 0.346 e. The quantitative estimate of drug-likeness (QED) is 0.545. The minimum atomic E-state index is -3.75. The first-order chi connectivity index (χ1) is 7.08. The Morgan fingerprint density at radius 2 is 2.06 bits per heavy atom. The number of aliphatic carboxylic acids is 1. The third kappa shape index (κ3) is 0.822. The monoisotopic (exact) mass is 248 g/mol. The zero-order valence-electron chi connectivity index (χ0n) is 8.80. The van der Waals surface area contributed by atoms with Crippen LogP contribution in [0.25, 0.3) is 0 Å². The van der Waals surface area contributed by atoms with Gasteiger partial charge < -0.3 is 5.11 Å². The summed E-state index contributed by atoms with van der Waals surface area (Å²) in [7, 11) is -3.75. The Morgan fingerprint density at radius 3 is 2.38 bits per heavy atom. The van der Waals surface area contributed by atoms with Gasteiger partial charge in [0.25, 0.3) is 0 Å². The van der Waals surface area contributed by atoms with E-state index in [0.29, 0.717) is 0 Å². The number of hydrogen-bond donors (Lipinski definition) is 2. The highest BCUT2D eigenvalue weighted by molar-refractivity contribution is 7.93. The summed E-state index contributed by atoms with van der Waals surface area (Å²) in [4.78, 5) is 23.3. The molecule has 0 spiro atoms. The van der Waals surface area contributed by atoms with Crippen molar-refractivity contribution in [3.8, 4) is 0 Å². The molecule has 1 amide bonds. The zero-order valence-corrected chi connectivity index (χ0v) is 9.61. The van der Waals surface area contributed by atoms with Gasteiger partial charge in [0.1, 0.15) is 10.1 Å². The van der Waals surface area contributed by atoms with Crippen LogP contribution in [0.2, 0.25) is 0 Å². The van der Waals surface area contributed by atoms with Crippen molar-refractivity contribution in [1.29, 1.82) is 0 Å². The highest BCUT2D eigenvalue weighted by Crippen LogP contribution is 2.49. The largest absolute Gasteiger partial charge is 0.478 e. The molecular weight excluding hydrogens is 236 g/mol. The van der Waals surface area contributed by atoms with Gasteiger partial charge in [-0.2, -0.15) is 0 Å². The van der Waals surface area contributed by atoms with Crippen molar-refractivity contribution in [3.63, 3.8) is 0 Å². The van der Waals surface area contributed by atoms with Crippen molar-refractivity contribution < 1.29 is 23.1 Å². The predicted molar refractivity (Wildman–Crippen MR) is 52.8 cm³/mol. The van der Waals surface area contributed by atoms with E-state index in [1.54, 1.807) is 0 Å². The Bertz CT molecular complexity index is 497. The lowest BCUT2D eigenvalue weighted by molar-refractivity contribution is -0.167. The maximum absolute atomic E-state index is 12.0. The highest BCUT2D eigenvalue weighted by Gasteiger charge is 2.75. The van der Waals surface area contributed by atoms with Crippen molar-refractivity contribution in [2.75, 3.05) is 0 Å². The molecule has 0 radical (unpaired) electrons. The Labute approximate surface area is 92.1 Å². The molecule has 0 aromatic heterocycles. The van der Waals surface area contributed by atoms with Gasteiger partial charge >= 0.3 is 5.97 Å². The second kappa shape index (κ2) is 2.57.